The fourth-order valence-corrected chi connectivity index (χ4v) is 5.47. The van der Waals surface area contributed by atoms with Gasteiger partial charge in [-0.15, -0.1) is 0 Å². The average molecular weight is 504 g/mol. The topological polar surface area (TPSA) is 40.5 Å². The summed E-state index contributed by atoms with van der Waals surface area (Å²) >= 11 is 0. The molecule has 0 bridgehead atoms. The molecule has 1 unspecified atom stereocenters. The van der Waals surface area contributed by atoms with Crippen molar-refractivity contribution >= 4 is 5.97 Å². The molecule has 1 aromatic rings. The molecule has 0 radical (unpaired) electrons. The second-order valence-electron chi connectivity index (χ2n) is 9.69. The highest BCUT2D eigenvalue weighted by Gasteiger charge is 2.42. The van der Waals surface area contributed by atoms with Gasteiger partial charge in [0.1, 0.15) is 0 Å². The molecule has 1 aliphatic heterocycles. The summed E-state index contributed by atoms with van der Waals surface area (Å²) in [4.78, 5) is 13.4. The van der Waals surface area contributed by atoms with E-state index in [9.17, 15) is 36.2 Å². The van der Waals surface area contributed by atoms with Crippen LogP contribution in [0.15, 0.2) is 42.0 Å². The molecule has 3 rings (SSSR count). The molecule has 194 valence electrons. The van der Waals surface area contributed by atoms with Crippen LogP contribution in [0.4, 0.5) is 26.3 Å². The van der Waals surface area contributed by atoms with Crippen LogP contribution in [0.3, 0.4) is 0 Å². The maximum atomic E-state index is 13.8. The number of nitrogens with zero attached hydrogens (tertiary/aromatic N) is 1. The zero-order valence-electron chi connectivity index (χ0n) is 19.8. The first-order valence-corrected chi connectivity index (χ1v) is 11.9. The summed E-state index contributed by atoms with van der Waals surface area (Å²) in [6.07, 6.45) is -0.667. The Hall–Kier alpha value is -2.29. The van der Waals surface area contributed by atoms with E-state index in [1.165, 1.54) is 0 Å². The Kier molecular flexibility index (Phi) is 8.40. The molecule has 0 aromatic heterocycles. The van der Waals surface area contributed by atoms with Crippen molar-refractivity contribution in [2.75, 3.05) is 0 Å². The number of allylic oxidation sites excluding steroid dienone is 3. The number of halogens is 6. The number of rotatable bonds is 7. The lowest BCUT2D eigenvalue weighted by Crippen LogP contribution is -2.52. The van der Waals surface area contributed by atoms with Crippen molar-refractivity contribution in [2.24, 2.45) is 11.8 Å². The fraction of sp³-hybridized carbons (Fsp3) is 0.577. The Morgan fingerprint density at radius 3 is 2.37 bits per heavy atom. The van der Waals surface area contributed by atoms with Gasteiger partial charge in [-0.05, 0) is 68.2 Å². The maximum Gasteiger partial charge on any atom is 0.416 e. The van der Waals surface area contributed by atoms with Crippen molar-refractivity contribution in [2.45, 2.75) is 83.4 Å². The first-order valence-electron chi connectivity index (χ1n) is 11.9. The number of hydrogen-bond acceptors (Lipinski definition) is 2. The van der Waals surface area contributed by atoms with E-state index >= 15 is 0 Å². The average Bonchev–Trinajstić information content (AvgIpc) is 2.74. The Morgan fingerprint density at radius 2 is 1.83 bits per heavy atom. The predicted octanol–water partition coefficient (Wildman–Crippen LogP) is 7.47. The lowest BCUT2D eigenvalue weighted by Gasteiger charge is -2.48. The molecule has 1 fully saturated rings. The summed E-state index contributed by atoms with van der Waals surface area (Å²) in [5, 5.41) is 9.38. The van der Waals surface area contributed by atoms with E-state index in [4.69, 9.17) is 0 Å². The summed E-state index contributed by atoms with van der Waals surface area (Å²) in [6.45, 7) is 3.60. The third-order valence-electron chi connectivity index (χ3n) is 7.06. The minimum absolute atomic E-state index is 0.0345. The number of carboxylic acids is 1. The standard InChI is InChI=1S/C26H31F6NO2/c1-3-4-21-11-17(13-24(34)35)12-23(18-7-5-16(2)6-8-18)33(21)15-19-14-20(25(27,28)29)9-10-22(19)26(30,31)32/h5-7,9-10,14,17-18,21,23H,3-4,8,11-13,15H2,1-2H3,(H,34,35)/t17-,18?,21-,23+/m0/s1. The van der Waals surface area contributed by atoms with Gasteiger partial charge in [0.15, 0.2) is 0 Å². The number of carbonyl (C=O) groups is 1. The molecule has 9 heteroatoms. The smallest absolute Gasteiger partial charge is 0.416 e. The summed E-state index contributed by atoms with van der Waals surface area (Å²) in [6, 6.07) is 1.11. The first-order chi connectivity index (χ1) is 16.3. The molecule has 1 aliphatic carbocycles. The molecule has 1 aromatic carbocycles. The van der Waals surface area contributed by atoms with E-state index in [1.54, 1.807) is 0 Å². The first kappa shape index (κ1) is 27.3. The Bertz CT molecular complexity index is 966. The van der Waals surface area contributed by atoms with Crippen molar-refractivity contribution in [3.8, 4) is 0 Å². The molecule has 0 spiro atoms. The van der Waals surface area contributed by atoms with E-state index in [0.29, 0.717) is 43.9 Å². The van der Waals surface area contributed by atoms with Gasteiger partial charge in [-0.3, -0.25) is 9.69 Å². The highest BCUT2D eigenvalue weighted by Crippen LogP contribution is 2.42. The number of hydrogen-bond donors (Lipinski definition) is 1. The van der Waals surface area contributed by atoms with Crippen molar-refractivity contribution in [1.29, 1.82) is 0 Å². The zero-order chi connectivity index (χ0) is 26.0. The number of alkyl halides is 6. The minimum atomic E-state index is -4.79. The number of benzene rings is 1. The Balaban J connectivity index is 2.04. The third-order valence-corrected chi connectivity index (χ3v) is 7.06. The molecular formula is C26H31F6NO2. The summed E-state index contributed by atoms with van der Waals surface area (Å²) in [5.74, 6) is -1.13. The van der Waals surface area contributed by atoms with Crippen LogP contribution < -0.4 is 0 Å². The summed E-state index contributed by atoms with van der Waals surface area (Å²) in [7, 11) is 0. The number of carboxylic acid groups (broad SMARTS) is 1. The molecular weight excluding hydrogens is 472 g/mol. The Labute approximate surface area is 201 Å². The molecule has 1 N–H and O–H groups in total. The van der Waals surface area contributed by atoms with Crippen LogP contribution in [0, 0.1) is 11.8 Å². The van der Waals surface area contributed by atoms with Gasteiger partial charge in [-0.2, -0.15) is 26.3 Å². The minimum Gasteiger partial charge on any atom is -0.481 e. The van der Waals surface area contributed by atoms with Crippen LogP contribution in [-0.4, -0.2) is 28.1 Å². The van der Waals surface area contributed by atoms with Crippen molar-refractivity contribution in [1.82, 2.24) is 4.90 Å². The van der Waals surface area contributed by atoms with E-state index < -0.39 is 35.0 Å². The molecule has 0 saturated carbocycles. The van der Waals surface area contributed by atoms with E-state index in [0.717, 1.165) is 12.0 Å². The van der Waals surface area contributed by atoms with Crippen LogP contribution >= 0.6 is 0 Å². The van der Waals surface area contributed by atoms with Crippen LogP contribution in [0.2, 0.25) is 0 Å². The molecule has 4 atom stereocenters. The van der Waals surface area contributed by atoms with E-state index in [2.05, 4.69) is 0 Å². The van der Waals surface area contributed by atoms with Crippen LogP contribution in [0.25, 0.3) is 0 Å². The van der Waals surface area contributed by atoms with Gasteiger partial charge in [0.2, 0.25) is 0 Å². The molecule has 1 saturated heterocycles. The van der Waals surface area contributed by atoms with Gasteiger partial charge in [-0.1, -0.05) is 37.1 Å². The van der Waals surface area contributed by atoms with Gasteiger partial charge in [-0.25, -0.2) is 0 Å². The number of piperidine rings is 1. The largest absolute Gasteiger partial charge is 0.481 e. The van der Waals surface area contributed by atoms with Crippen molar-refractivity contribution in [3.05, 3.63) is 58.7 Å². The lowest BCUT2D eigenvalue weighted by molar-refractivity contribution is -0.142. The highest BCUT2D eigenvalue weighted by atomic mass is 19.4. The van der Waals surface area contributed by atoms with E-state index in [1.807, 2.05) is 37.0 Å². The van der Waals surface area contributed by atoms with Crippen molar-refractivity contribution in [3.63, 3.8) is 0 Å². The van der Waals surface area contributed by atoms with Gasteiger partial charge in [0, 0.05) is 25.0 Å². The number of likely N-dealkylation sites (tertiary alicyclic amines) is 1. The third kappa shape index (κ3) is 6.90. The van der Waals surface area contributed by atoms with Crippen LogP contribution in [0.5, 0.6) is 0 Å². The predicted molar refractivity (Wildman–Crippen MR) is 120 cm³/mol. The maximum absolute atomic E-state index is 13.8. The van der Waals surface area contributed by atoms with Crippen LogP contribution in [-0.2, 0) is 23.7 Å². The molecule has 1 heterocycles. The van der Waals surface area contributed by atoms with E-state index in [-0.39, 0.29) is 36.9 Å². The van der Waals surface area contributed by atoms with Gasteiger partial charge in [0.25, 0.3) is 0 Å². The van der Waals surface area contributed by atoms with Gasteiger partial charge in [0.05, 0.1) is 11.1 Å². The van der Waals surface area contributed by atoms with Crippen LogP contribution in [0.1, 0.15) is 69.1 Å². The monoisotopic (exact) mass is 503 g/mol. The lowest BCUT2D eigenvalue weighted by atomic mass is 9.76. The molecule has 3 nitrogen and oxygen atoms in total. The summed E-state index contributed by atoms with van der Waals surface area (Å²) < 4.78 is 81.5. The Morgan fingerprint density at radius 1 is 1.11 bits per heavy atom. The quantitative estimate of drug-likeness (QED) is 0.393. The fourth-order valence-electron chi connectivity index (χ4n) is 5.47. The molecule has 35 heavy (non-hydrogen) atoms. The molecule has 0 amide bonds. The normalized spacial score (nSPS) is 26.0. The van der Waals surface area contributed by atoms with Gasteiger partial charge >= 0.3 is 18.3 Å². The van der Waals surface area contributed by atoms with Gasteiger partial charge < -0.3 is 5.11 Å². The number of aliphatic carboxylic acids is 1. The van der Waals surface area contributed by atoms with Crippen molar-refractivity contribution < 1.29 is 36.2 Å². The second kappa shape index (κ2) is 10.8. The zero-order valence-corrected chi connectivity index (χ0v) is 19.8. The second-order valence-corrected chi connectivity index (χ2v) is 9.69. The summed E-state index contributed by atoms with van der Waals surface area (Å²) in [5.41, 5.74) is -1.52. The highest BCUT2D eigenvalue weighted by molar-refractivity contribution is 5.67. The molecule has 2 aliphatic rings. The SMILES string of the molecule is CCC[C@H]1C[C@H](CC(=O)O)C[C@H](C2C=CC(C)=CC2)N1Cc1cc(C(F)(F)F)ccc1C(F)(F)F.